The highest BCUT2D eigenvalue weighted by atomic mass is 35.5. The fraction of sp³-hybridized carbons (Fsp3) is 0.316. The van der Waals surface area contributed by atoms with Gasteiger partial charge < -0.3 is 13.9 Å². The number of aromatic nitrogens is 2. The summed E-state index contributed by atoms with van der Waals surface area (Å²) < 4.78 is 6.80. The van der Waals surface area contributed by atoms with Crippen LogP contribution < -0.4 is 5.32 Å². The van der Waals surface area contributed by atoms with E-state index in [0.29, 0.717) is 42.5 Å². The first-order valence-corrected chi connectivity index (χ1v) is 9.15. The summed E-state index contributed by atoms with van der Waals surface area (Å²) in [6.07, 6.45) is 4.16. The van der Waals surface area contributed by atoms with Crippen molar-refractivity contribution in [1.29, 1.82) is 0 Å². The molecule has 1 aliphatic heterocycles. The Hall–Kier alpha value is -2.80. The number of carbonyl (C=O) groups excluding carboxylic acids is 2. The number of carbonyl (C=O) groups is 2. The van der Waals surface area contributed by atoms with Gasteiger partial charge in [0.25, 0.3) is 5.91 Å². The Balaban J connectivity index is 1.40. The molecule has 4 rings (SSSR count). The van der Waals surface area contributed by atoms with Crippen LogP contribution in [0.25, 0.3) is 11.0 Å². The number of rotatable bonds is 3. The van der Waals surface area contributed by atoms with E-state index in [1.807, 2.05) is 17.7 Å². The minimum absolute atomic E-state index is 0.0603. The van der Waals surface area contributed by atoms with Crippen LogP contribution in [-0.4, -0.2) is 39.4 Å². The maximum absolute atomic E-state index is 12.7. The summed E-state index contributed by atoms with van der Waals surface area (Å²) >= 11 is 6.01. The number of anilines is 1. The first-order chi connectivity index (χ1) is 13.0. The number of aryl methyl sites for hydroxylation is 1. The second kappa shape index (κ2) is 7.08. The summed E-state index contributed by atoms with van der Waals surface area (Å²) in [4.78, 5) is 31.2. The quantitative estimate of drug-likeness (QED) is 0.748. The van der Waals surface area contributed by atoms with E-state index in [2.05, 4.69) is 10.3 Å². The van der Waals surface area contributed by atoms with Crippen LogP contribution in [0.1, 0.15) is 23.2 Å². The number of piperidine rings is 1. The first kappa shape index (κ1) is 17.6. The highest BCUT2D eigenvalue weighted by Crippen LogP contribution is 2.24. The van der Waals surface area contributed by atoms with Crippen molar-refractivity contribution in [3.8, 4) is 0 Å². The SMILES string of the molecule is Cn1c(NC(=O)C2CCN(C(=O)c3ccoc3)CC2)nc2cc(Cl)ccc21. The number of nitrogens with one attached hydrogen (secondary N) is 1. The van der Waals surface area contributed by atoms with E-state index in [-0.39, 0.29) is 17.7 Å². The predicted octanol–water partition coefficient (Wildman–Crippen LogP) is 3.31. The summed E-state index contributed by atoms with van der Waals surface area (Å²) in [6, 6.07) is 7.09. The molecule has 0 radical (unpaired) electrons. The second-order valence-corrected chi connectivity index (χ2v) is 7.13. The molecule has 8 heteroatoms. The van der Waals surface area contributed by atoms with E-state index >= 15 is 0 Å². The first-order valence-electron chi connectivity index (χ1n) is 8.77. The Morgan fingerprint density at radius 1 is 1.26 bits per heavy atom. The molecule has 0 spiro atoms. The number of imidazole rings is 1. The minimum Gasteiger partial charge on any atom is -0.472 e. The van der Waals surface area contributed by atoms with Gasteiger partial charge in [0.2, 0.25) is 11.9 Å². The molecule has 3 aromatic rings. The molecule has 2 aromatic heterocycles. The molecular weight excluding hydrogens is 368 g/mol. The number of nitrogens with zero attached hydrogens (tertiary/aromatic N) is 3. The molecule has 140 valence electrons. The maximum atomic E-state index is 12.7. The molecule has 1 aliphatic rings. The summed E-state index contributed by atoms with van der Waals surface area (Å²) in [5, 5.41) is 3.52. The highest BCUT2D eigenvalue weighted by molar-refractivity contribution is 6.31. The van der Waals surface area contributed by atoms with Crippen LogP contribution in [0.3, 0.4) is 0 Å². The number of fused-ring (bicyclic) bond motifs is 1. The monoisotopic (exact) mass is 386 g/mol. The van der Waals surface area contributed by atoms with Gasteiger partial charge in [0.05, 0.1) is 22.9 Å². The zero-order chi connectivity index (χ0) is 19.0. The van der Waals surface area contributed by atoms with Crippen molar-refractivity contribution < 1.29 is 14.0 Å². The smallest absolute Gasteiger partial charge is 0.257 e. The van der Waals surface area contributed by atoms with Gasteiger partial charge in [-0.3, -0.25) is 14.9 Å². The summed E-state index contributed by atoms with van der Waals surface area (Å²) in [7, 11) is 1.85. The lowest BCUT2D eigenvalue weighted by Crippen LogP contribution is -2.41. The number of furan rings is 1. The van der Waals surface area contributed by atoms with E-state index in [1.165, 1.54) is 12.5 Å². The van der Waals surface area contributed by atoms with Crippen LogP contribution in [0, 0.1) is 5.92 Å². The van der Waals surface area contributed by atoms with Gasteiger partial charge in [-0.25, -0.2) is 4.98 Å². The fourth-order valence-electron chi connectivity index (χ4n) is 3.41. The van der Waals surface area contributed by atoms with E-state index < -0.39 is 0 Å². The van der Waals surface area contributed by atoms with Gasteiger partial charge in [0, 0.05) is 31.1 Å². The van der Waals surface area contributed by atoms with Gasteiger partial charge in [-0.1, -0.05) is 11.6 Å². The van der Waals surface area contributed by atoms with Gasteiger partial charge in [0.1, 0.15) is 6.26 Å². The molecule has 2 amide bonds. The van der Waals surface area contributed by atoms with Crippen LogP contribution in [0.4, 0.5) is 5.95 Å². The molecule has 0 bridgehead atoms. The molecule has 1 fully saturated rings. The molecular formula is C19H19ClN4O3. The third-order valence-electron chi connectivity index (χ3n) is 5.00. The van der Waals surface area contributed by atoms with Crippen LogP contribution in [-0.2, 0) is 11.8 Å². The minimum atomic E-state index is -0.151. The standard InChI is InChI=1S/C19H19ClN4O3/c1-23-16-3-2-14(20)10-15(16)21-19(23)22-17(25)12-4-7-24(8-5-12)18(26)13-6-9-27-11-13/h2-3,6,9-12H,4-5,7-8H2,1H3,(H,21,22,25). The van der Waals surface area contributed by atoms with Crippen LogP contribution in [0.15, 0.2) is 41.2 Å². The number of likely N-dealkylation sites (tertiary alicyclic amines) is 1. The number of hydrogen-bond donors (Lipinski definition) is 1. The van der Waals surface area contributed by atoms with Crippen molar-refractivity contribution in [1.82, 2.24) is 14.5 Å². The Morgan fingerprint density at radius 2 is 2.04 bits per heavy atom. The molecule has 0 saturated carbocycles. The van der Waals surface area contributed by atoms with E-state index in [9.17, 15) is 9.59 Å². The van der Waals surface area contributed by atoms with Crippen LogP contribution >= 0.6 is 11.6 Å². The summed E-state index contributed by atoms with van der Waals surface area (Å²) in [6.45, 7) is 1.08. The predicted molar refractivity (Wildman–Crippen MR) is 102 cm³/mol. The fourth-order valence-corrected chi connectivity index (χ4v) is 3.58. The third kappa shape index (κ3) is 3.42. The van der Waals surface area contributed by atoms with Gasteiger partial charge >= 0.3 is 0 Å². The normalized spacial score (nSPS) is 15.3. The van der Waals surface area contributed by atoms with Crippen LogP contribution in [0.5, 0.6) is 0 Å². The average molecular weight is 387 g/mol. The van der Waals surface area contributed by atoms with Gasteiger partial charge in [0.15, 0.2) is 0 Å². The topological polar surface area (TPSA) is 80.4 Å². The lowest BCUT2D eigenvalue weighted by atomic mass is 9.95. The molecule has 3 heterocycles. The lowest BCUT2D eigenvalue weighted by Gasteiger charge is -2.31. The Morgan fingerprint density at radius 3 is 2.74 bits per heavy atom. The van der Waals surface area contributed by atoms with E-state index in [0.717, 1.165) is 11.0 Å². The molecule has 7 nitrogen and oxygen atoms in total. The van der Waals surface area contributed by atoms with Crippen molar-refractivity contribution in [2.45, 2.75) is 12.8 Å². The summed E-state index contributed by atoms with van der Waals surface area (Å²) in [5.74, 6) is 0.209. The van der Waals surface area contributed by atoms with Crippen molar-refractivity contribution in [3.63, 3.8) is 0 Å². The molecule has 1 saturated heterocycles. The second-order valence-electron chi connectivity index (χ2n) is 6.70. The Kier molecular flexibility index (Phi) is 4.61. The third-order valence-corrected chi connectivity index (χ3v) is 5.23. The molecule has 0 atom stereocenters. The Labute approximate surface area is 160 Å². The molecule has 0 aliphatic carbocycles. The Bertz CT molecular complexity index is 988. The lowest BCUT2D eigenvalue weighted by molar-refractivity contribution is -0.121. The van der Waals surface area contributed by atoms with Crippen LogP contribution in [0.2, 0.25) is 5.02 Å². The molecule has 1 N–H and O–H groups in total. The van der Waals surface area contributed by atoms with Gasteiger partial charge in [-0.15, -0.1) is 0 Å². The zero-order valence-corrected chi connectivity index (χ0v) is 15.6. The van der Waals surface area contributed by atoms with Gasteiger partial charge in [-0.2, -0.15) is 0 Å². The number of amides is 2. The van der Waals surface area contributed by atoms with Crippen molar-refractivity contribution >= 4 is 40.4 Å². The van der Waals surface area contributed by atoms with Gasteiger partial charge in [-0.05, 0) is 37.1 Å². The highest BCUT2D eigenvalue weighted by Gasteiger charge is 2.28. The maximum Gasteiger partial charge on any atom is 0.257 e. The van der Waals surface area contributed by atoms with Crippen molar-refractivity contribution in [2.24, 2.45) is 13.0 Å². The number of halogens is 1. The number of benzene rings is 1. The summed E-state index contributed by atoms with van der Waals surface area (Å²) in [5.41, 5.74) is 2.17. The van der Waals surface area contributed by atoms with Crippen molar-refractivity contribution in [2.75, 3.05) is 18.4 Å². The molecule has 1 aromatic carbocycles. The van der Waals surface area contributed by atoms with Crippen molar-refractivity contribution in [3.05, 3.63) is 47.4 Å². The average Bonchev–Trinajstić information content (AvgIpc) is 3.30. The van der Waals surface area contributed by atoms with E-state index in [1.54, 1.807) is 23.1 Å². The molecule has 0 unspecified atom stereocenters. The number of hydrogen-bond acceptors (Lipinski definition) is 4. The van der Waals surface area contributed by atoms with E-state index in [4.69, 9.17) is 16.0 Å². The molecule has 27 heavy (non-hydrogen) atoms. The zero-order valence-electron chi connectivity index (χ0n) is 14.8. The largest absolute Gasteiger partial charge is 0.472 e.